The van der Waals surface area contributed by atoms with E-state index in [1.54, 1.807) is 0 Å². The van der Waals surface area contributed by atoms with Crippen LogP contribution in [-0.4, -0.2) is 36.1 Å². The van der Waals surface area contributed by atoms with Crippen LogP contribution in [0.4, 0.5) is 0 Å². The zero-order valence-electron chi connectivity index (χ0n) is 8.12. The highest BCUT2D eigenvalue weighted by atomic mass is 32.2. The summed E-state index contributed by atoms with van der Waals surface area (Å²) in [6.07, 6.45) is 5.78. The van der Waals surface area contributed by atoms with Gasteiger partial charge in [0.1, 0.15) is 0 Å². The van der Waals surface area contributed by atoms with Crippen LogP contribution in [0.25, 0.3) is 0 Å². The van der Waals surface area contributed by atoms with E-state index in [9.17, 15) is 0 Å². The Hall–Kier alpha value is -0.420. The van der Waals surface area contributed by atoms with Gasteiger partial charge in [-0.25, -0.2) is 0 Å². The lowest BCUT2D eigenvalue weighted by Crippen LogP contribution is -2.29. The summed E-state index contributed by atoms with van der Waals surface area (Å²) in [7, 11) is 0. The van der Waals surface area contributed by atoms with Crippen molar-refractivity contribution in [2.45, 2.75) is 19.3 Å². The predicted molar refractivity (Wildman–Crippen MR) is 58.5 cm³/mol. The summed E-state index contributed by atoms with van der Waals surface area (Å²) < 4.78 is 0. The van der Waals surface area contributed by atoms with Crippen LogP contribution in [0.1, 0.15) is 19.3 Å². The van der Waals surface area contributed by atoms with E-state index in [-0.39, 0.29) is 5.84 Å². The molecule has 0 aromatic heterocycles. The average Bonchev–Trinajstić information content (AvgIpc) is 2.16. The molecule has 4 nitrogen and oxygen atoms in total. The molecule has 13 heavy (non-hydrogen) atoms. The van der Waals surface area contributed by atoms with Crippen LogP contribution in [0.5, 0.6) is 0 Å². The van der Waals surface area contributed by atoms with Gasteiger partial charge >= 0.3 is 0 Å². The number of nitrogens with zero attached hydrogens (tertiary/aromatic N) is 1. The molecule has 0 aromatic carbocycles. The third-order valence-electron chi connectivity index (χ3n) is 1.64. The van der Waals surface area contributed by atoms with Gasteiger partial charge in [-0.2, -0.15) is 11.8 Å². The second-order valence-electron chi connectivity index (χ2n) is 2.82. The first-order valence-electron chi connectivity index (χ1n) is 4.47. The second kappa shape index (κ2) is 9.67. The lowest BCUT2D eigenvalue weighted by molar-refractivity contribution is 0.317. The van der Waals surface area contributed by atoms with Crippen molar-refractivity contribution in [2.24, 2.45) is 10.9 Å². The normalized spacial score (nSPS) is 11.9. The van der Waals surface area contributed by atoms with Gasteiger partial charge in [0.25, 0.3) is 0 Å². The standard InChI is InChI=1S/C8H19N3OS/c1-13-6-4-2-3-5-10-7-8(9)11-12/h10,12H,2-7H2,1H3,(H2,9,11). The Balaban J connectivity index is 3.00. The van der Waals surface area contributed by atoms with Gasteiger partial charge in [-0.3, -0.25) is 0 Å². The Kier molecular flexibility index (Phi) is 9.35. The van der Waals surface area contributed by atoms with Crippen molar-refractivity contribution in [1.82, 2.24) is 5.32 Å². The summed E-state index contributed by atoms with van der Waals surface area (Å²) in [6, 6.07) is 0. The minimum atomic E-state index is 0.240. The number of thioether (sulfide) groups is 1. The molecule has 0 spiro atoms. The van der Waals surface area contributed by atoms with Crippen molar-refractivity contribution in [1.29, 1.82) is 0 Å². The van der Waals surface area contributed by atoms with Crippen LogP contribution in [-0.2, 0) is 0 Å². The van der Waals surface area contributed by atoms with Crippen molar-refractivity contribution in [3.05, 3.63) is 0 Å². The minimum absolute atomic E-state index is 0.240. The number of amidine groups is 1. The molecule has 0 fully saturated rings. The van der Waals surface area contributed by atoms with E-state index >= 15 is 0 Å². The molecule has 5 heteroatoms. The number of hydrogen-bond donors (Lipinski definition) is 3. The molecule has 0 saturated carbocycles. The number of rotatable bonds is 8. The van der Waals surface area contributed by atoms with Crippen LogP contribution in [0.15, 0.2) is 5.16 Å². The topological polar surface area (TPSA) is 70.6 Å². The molecule has 0 amide bonds. The summed E-state index contributed by atoms with van der Waals surface area (Å²) in [5.41, 5.74) is 5.27. The van der Waals surface area contributed by atoms with Gasteiger partial charge in [0.2, 0.25) is 0 Å². The Bertz CT molecular complexity index is 141. The van der Waals surface area contributed by atoms with E-state index in [1.807, 2.05) is 11.8 Å². The van der Waals surface area contributed by atoms with Gasteiger partial charge < -0.3 is 16.3 Å². The molecule has 0 bridgehead atoms. The van der Waals surface area contributed by atoms with Gasteiger partial charge in [-0.1, -0.05) is 11.6 Å². The number of hydrogen-bond acceptors (Lipinski definition) is 4. The quantitative estimate of drug-likeness (QED) is 0.181. The first-order valence-corrected chi connectivity index (χ1v) is 5.86. The Morgan fingerprint density at radius 1 is 1.46 bits per heavy atom. The second-order valence-corrected chi connectivity index (χ2v) is 3.81. The highest BCUT2D eigenvalue weighted by molar-refractivity contribution is 7.98. The van der Waals surface area contributed by atoms with Gasteiger partial charge in [-0.05, 0) is 31.4 Å². The van der Waals surface area contributed by atoms with E-state index in [2.05, 4.69) is 16.7 Å². The fraction of sp³-hybridized carbons (Fsp3) is 0.875. The average molecular weight is 205 g/mol. The molecule has 0 aliphatic heterocycles. The number of unbranched alkanes of at least 4 members (excludes halogenated alkanes) is 2. The molecule has 0 aliphatic carbocycles. The molecular weight excluding hydrogens is 186 g/mol. The Morgan fingerprint density at radius 2 is 2.23 bits per heavy atom. The van der Waals surface area contributed by atoms with Gasteiger partial charge in [0, 0.05) is 0 Å². The summed E-state index contributed by atoms with van der Waals surface area (Å²) in [6.45, 7) is 1.41. The Morgan fingerprint density at radius 3 is 2.85 bits per heavy atom. The van der Waals surface area contributed by atoms with E-state index in [0.29, 0.717) is 6.54 Å². The lowest BCUT2D eigenvalue weighted by Gasteiger charge is -2.02. The number of nitrogens with two attached hydrogens (primary N) is 1. The molecule has 4 N–H and O–H groups in total. The summed E-state index contributed by atoms with van der Waals surface area (Å²) in [5.74, 6) is 1.48. The van der Waals surface area contributed by atoms with Crippen LogP contribution in [0.2, 0.25) is 0 Å². The van der Waals surface area contributed by atoms with Crippen molar-refractivity contribution < 1.29 is 5.21 Å². The van der Waals surface area contributed by atoms with Crippen LogP contribution in [0.3, 0.4) is 0 Å². The molecule has 0 saturated heterocycles. The maximum absolute atomic E-state index is 8.23. The third kappa shape index (κ3) is 9.49. The molecular formula is C8H19N3OS. The first-order chi connectivity index (χ1) is 6.31. The highest BCUT2D eigenvalue weighted by Crippen LogP contribution is 2.00. The lowest BCUT2D eigenvalue weighted by atomic mass is 10.2. The number of nitrogens with one attached hydrogen (secondary N) is 1. The summed E-state index contributed by atoms with van der Waals surface area (Å²) in [4.78, 5) is 0. The zero-order chi connectivity index (χ0) is 9.94. The molecule has 0 radical (unpaired) electrons. The van der Waals surface area contributed by atoms with Gasteiger partial charge in [-0.15, -0.1) is 0 Å². The third-order valence-corrected chi connectivity index (χ3v) is 2.33. The van der Waals surface area contributed by atoms with E-state index < -0.39 is 0 Å². The maximum atomic E-state index is 8.23. The first kappa shape index (κ1) is 12.6. The Labute approximate surface area is 84.0 Å². The van der Waals surface area contributed by atoms with E-state index in [4.69, 9.17) is 10.9 Å². The fourth-order valence-corrected chi connectivity index (χ4v) is 1.42. The monoisotopic (exact) mass is 205 g/mol. The van der Waals surface area contributed by atoms with Gasteiger partial charge in [0.05, 0.1) is 6.54 Å². The maximum Gasteiger partial charge on any atom is 0.153 e. The van der Waals surface area contributed by atoms with Gasteiger partial charge in [0.15, 0.2) is 5.84 Å². The van der Waals surface area contributed by atoms with E-state index in [0.717, 1.165) is 13.0 Å². The molecule has 0 atom stereocenters. The summed E-state index contributed by atoms with van der Waals surface area (Å²) in [5, 5.41) is 14.2. The largest absolute Gasteiger partial charge is 0.409 e. The molecule has 0 aliphatic rings. The smallest absolute Gasteiger partial charge is 0.153 e. The molecule has 0 heterocycles. The molecule has 78 valence electrons. The molecule has 0 aromatic rings. The van der Waals surface area contributed by atoms with Crippen molar-refractivity contribution in [3.63, 3.8) is 0 Å². The van der Waals surface area contributed by atoms with E-state index in [1.165, 1.54) is 18.6 Å². The number of oxime groups is 1. The van der Waals surface area contributed by atoms with Crippen molar-refractivity contribution >= 4 is 17.6 Å². The van der Waals surface area contributed by atoms with Crippen LogP contribution in [0, 0.1) is 0 Å². The van der Waals surface area contributed by atoms with Crippen molar-refractivity contribution in [2.75, 3.05) is 25.1 Å². The molecule has 0 rings (SSSR count). The molecule has 0 unspecified atom stereocenters. The minimum Gasteiger partial charge on any atom is -0.409 e. The zero-order valence-corrected chi connectivity index (χ0v) is 8.94. The predicted octanol–water partition coefficient (Wildman–Crippen LogP) is 0.856. The van der Waals surface area contributed by atoms with Crippen LogP contribution >= 0.6 is 11.8 Å². The van der Waals surface area contributed by atoms with Crippen LogP contribution < -0.4 is 11.1 Å². The SMILES string of the molecule is CSCCCCCNCC(N)=NO. The highest BCUT2D eigenvalue weighted by Gasteiger charge is 1.92. The van der Waals surface area contributed by atoms with Crippen molar-refractivity contribution in [3.8, 4) is 0 Å². The summed E-state index contributed by atoms with van der Waals surface area (Å²) >= 11 is 1.88. The fourth-order valence-electron chi connectivity index (χ4n) is 0.925.